The van der Waals surface area contributed by atoms with Gasteiger partial charge in [-0.05, 0) is 23.8 Å². The number of hydrazone groups is 1. The van der Waals surface area contributed by atoms with Crippen LogP contribution in [0.15, 0.2) is 46.9 Å². The maximum absolute atomic E-state index is 9.98. The lowest BCUT2D eigenvalue weighted by atomic mass is 10.0. The number of hydrogen-bond acceptors (Lipinski definition) is 5. The normalized spacial score (nSPS) is 11.2. The standard InChI is InChI=1S/C15H13N3OS/c1-10-9-20-15(17-10)18-16-8-13-12-5-3-2-4-11(12)6-7-14(13)19/h2-9,19H,1H3,(H,17,18). The molecule has 0 radical (unpaired) electrons. The Morgan fingerprint density at radius 3 is 2.90 bits per heavy atom. The van der Waals surface area contributed by atoms with Gasteiger partial charge >= 0.3 is 0 Å². The van der Waals surface area contributed by atoms with Crippen molar-refractivity contribution in [2.24, 2.45) is 5.10 Å². The van der Waals surface area contributed by atoms with Gasteiger partial charge in [0.2, 0.25) is 5.13 Å². The second kappa shape index (κ2) is 5.30. The molecule has 0 aliphatic heterocycles. The molecule has 1 heterocycles. The van der Waals surface area contributed by atoms with Gasteiger partial charge in [0.15, 0.2) is 0 Å². The van der Waals surface area contributed by atoms with Gasteiger partial charge in [0.25, 0.3) is 0 Å². The first-order chi connectivity index (χ1) is 9.74. The van der Waals surface area contributed by atoms with Gasteiger partial charge in [-0.1, -0.05) is 30.3 Å². The smallest absolute Gasteiger partial charge is 0.203 e. The molecule has 0 spiro atoms. The number of aryl methyl sites for hydroxylation is 1. The van der Waals surface area contributed by atoms with Crippen LogP contribution in [0, 0.1) is 6.92 Å². The van der Waals surface area contributed by atoms with Crippen LogP contribution in [0.3, 0.4) is 0 Å². The highest BCUT2D eigenvalue weighted by atomic mass is 32.1. The summed E-state index contributed by atoms with van der Waals surface area (Å²) in [7, 11) is 0. The molecule has 0 atom stereocenters. The van der Waals surface area contributed by atoms with E-state index in [0.29, 0.717) is 5.56 Å². The van der Waals surface area contributed by atoms with Crippen molar-refractivity contribution in [3.63, 3.8) is 0 Å². The summed E-state index contributed by atoms with van der Waals surface area (Å²) in [5.41, 5.74) is 4.53. The van der Waals surface area contributed by atoms with E-state index in [2.05, 4.69) is 15.5 Å². The number of benzene rings is 2. The fraction of sp³-hybridized carbons (Fsp3) is 0.0667. The number of phenols is 1. The third-order valence-electron chi connectivity index (χ3n) is 2.92. The van der Waals surface area contributed by atoms with Gasteiger partial charge in [-0.3, -0.25) is 5.43 Å². The van der Waals surface area contributed by atoms with Crippen LogP contribution in [-0.4, -0.2) is 16.3 Å². The summed E-state index contributed by atoms with van der Waals surface area (Å²) in [5.74, 6) is 0.213. The van der Waals surface area contributed by atoms with Crippen LogP contribution in [0.25, 0.3) is 10.8 Å². The summed E-state index contributed by atoms with van der Waals surface area (Å²) in [4.78, 5) is 4.26. The van der Waals surface area contributed by atoms with Crippen molar-refractivity contribution in [1.82, 2.24) is 4.98 Å². The molecule has 0 aliphatic carbocycles. The average molecular weight is 283 g/mol. The van der Waals surface area contributed by atoms with Gasteiger partial charge in [0.1, 0.15) is 5.75 Å². The zero-order valence-electron chi connectivity index (χ0n) is 10.9. The first-order valence-corrected chi connectivity index (χ1v) is 7.04. The minimum absolute atomic E-state index is 0.213. The molecule has 3 aromatic rings. The molecule has 4 nitrogen and oxygen atoms in total. The predicted molar refractivity (Wildman–Crippen MR) is 83.7 cm³/mol. The number of aromatic nitrogens is 1. The molecule has 0 amide bonds. The van der Waals surface area contributed by atoms with E-state index in [1.807, 2.05) is 42.6 Å². The molecule has 0 saturated heterocycles. The second-order valence-corrected chi connectivity index (χ2v) is 5.24. The summed E-state index contributed by atoms with van der Waals surface area (Å²) in [6.45, 7) is 1.93. The Morgan fingerprint density at radius 2 is 2.10 bits per heavy atom. The number of fused-ring (bicyclic) bond motifs is 1. The zero-order valence-corrected chi connectivity index (χ0v) is 11.7. The van der Waals surface area contributed by atoms with E-state index in [-0.39, 0.29) is 5.75 Å². The third kappa shape index (κ3) is 2.48. The first-order valence-electron chi connectivity index (χ1n) is 6.16. The topological polar surface area (TPSA) is 57.5 Å². The highest BCUT2D eigenvalue weighted by Gasteiger charge is 2.04. The predicted octanol–water partition coefficient (Wildman–Crippen LogP) is 3.76. The number of nitrogens with one attached hydrogen (secondary N) is 1. The fourth-order valence-corrected chi connectivity index (χ4v) is 2.61. The lowest BCUT2D eigenvalue weighted by molar-refractivity contribution is 0.475. The second-order valence-electron chi connectivity index (χ2n) is 4.38. The number of rotatable bonds is 3. The number of anilines is 1. The Balaban J connectivity index is 1.92. The number of nitrogens with zero attached hydrogens (tertiary/aromatic N) is 2. The SMILES string of the molecule is Cc1csc(NN=Cc2c(O)ccc3ccccc23)n1. The van der Waals surface area contributed by atoms with Gasteiger partial charge in [-0.25, -0.2) is 4.98 Å². The highest BCUT2D eigenvalue weighted by Crippen LogP contribution is 2.25. The van der Waals surface area contributed by atoms with Crippen LogP contribution in [-0.2, 0) is 0 Å². The molecule has 0 aliphatic rings. The molecular weight excluding hydrogens is 270 g/mol. The monoisotopic (exact) mass is 283 g/mol. The Hall–Kier alpha value is -2.40. The molecule has 1 aromatic heterocycles. The molecule has 2 N–H and O–H groups in total. The highest BCUT2D eigenvalue weighted by molar-refractivity contribution is 7.13. The maximum atomic E-state index is 9.98. The molecule has 100 valence electrons. The van der Waals surface area contributed by atoms with Gasteiger partial charge in [0.05, 0.1) is 11.9 Å². The van der Waals surface area contributed by atoms with Crippen molar-refractivity contribution in [2.45, 2.75) is 6.92 Å². The van der Waals surface area contributed by atoms with E-state index in [0.717, 1.165) is 21.6 Å². The van der Waals surface area contributed by atoms with Crippen molar-refractivity contribution >= 4 is 33.5 Å². The lowest BCUT2D eigenvalue weighted by Gasteiger charge is -2.04. The van der Waals surface area contributed by atoms with E-state index >= 15 is 0 Å². The Kier molecular flexibility index (Phi) is 3.35. The number of thiazole rings is 1. The van der Waals surface area contributed by atoms with Crippen molar-refractivity contribution in [2.75, 3.05) is 5.43 Å². The van der Waals surface area contributed by atoms with E-state index in [9.17, 15) is 5.11 Å². The fourth-order valence-electron chi connectivity index (χ4n) is 1.98. The molecule has 5 heteroatoms. The van der Waals surface area contributed by atoms with Crippen LogP contribution < -0.4 is 5.43 Å². The molecule has 0 unspecified atom stereocenters. The largest absolute Gasteiger partial charge is 0.507 e. The summed E-state index contributed by atoms with van der Waals surface area (Å²) < 4.78 is 0. The minimum atomic E-state index is 0.213. The van der Waals surface area contributed by atoms with E-state index in [1.54, 1.807) is 12.3 Å². The first kappa shape index (κ1) is 12.6. The summed E-state index contributed by atoms with van der Waals surface area (Å²) in [6.07, 6.45) is 1.62. The molecule has 0 fully saturated rings. The van der Waals surface area contributed by atoms with Crippen molar-refractivity contribution in [3.8, 4) is 5.75 Å². The quantitative estimate of drug-likeness (QED) is 0.568. The van der Waals surface area contributed by atoms with Crippen molar-refractivity contribution in [3.05, 3.63) is 53.0 Å². The van der Waals surface area contributed by atoms with Gasteiger partial charge in [0, 0.05) is 10.9 Å². The molecular formula is C15H13N3OS. The Labute approximate surface area is 120 Å². The molecule has 3 rings (SSSR count). The Morgan fingerprint density at radius 1 is 1.25 bits per heavy atom. The molecule has 2 aromatic carbocycles. The summed E-state index contributed by atoms with van der Waals surface area (Å²) >= 11 is 1.49. The Bertz CT molecular complexity index is 780. The van der Waals surface area contributed by atoms with Crippen LogP contribution in [0.5, 0.6) is 5.75 Å². The van der Waals surface area contributed by atoms with Gasteiger partial charge < -0.3 is 5.11 Å². The lowest BCUT2D eigenvalue weighted by Crippen LogP contribution is -1.92. The minimum Gasteiger partial charge on any atom is -0.507 e. The third-order valence-corrected chi connectivity index (χ3v) is 3.79. The van der Waals surface area contributed by atoms with Crippen LogP contribution >= 0.6 is 11.3 Å². The van der Waals surface area contributed by atoms with E-state index in [1.165, 1.54) is 11.3 Å². The molecule has 0 saturated carbocycles. The van der Waals surface area contributed by atoms with E-state index in [4.69, 9.17) is 0 Å². The van der Waals surface area contributed by atoms with Crippen molar-refractivity contribution in [1.29, 1.82) is 0 Å². The van der Waals surface area contributed by atoms with Crippen LogP contribution in [0.1, 0.15) is 11.3 Å². The molecule has 0 bridgehead atoms. The van der Waals surface area contributed by atoms with Crippen LogP contribution in [0.2, 0.25) is 0 Å². The van der Waals surface area contributed by atoms with Crippen LogP contribution in [0.4, 0.5) is 5.13 Å². The summed E-state index contributed by atoms with van der Waals surface area (Å²) in [5, 5.41) is 18.8. The van der Waals surface area contributed by atoms with Gasteiger partial charge in [-0.2, -0.15) is 5.10 Å². The number of phenolic OH excluding ortho intramolecular Hbond substituents is 1. The van der Waals surface area contributed by atoms with E-state index < -0.39 is 0 Å². The number of aromatic hydroxyl groups is 1. The zero-order chi connectivity index (χ0) is 13.9. The number of hydrogen-bond donors (Lipinski definition) is 2. The molecule has 20 heavy (non-hydrogen) atoms. The maximum Gasteiger partial charge on any atom is 0.203 e. The van der Waals surface area contributed by atoms with Gasteiger partial charge in [-0.15, -0.1) is 11.3 Å². The van der Waals surface area contributed by atoms with Crippen molar-refractivity contribution < 1.29 is 5.11 Å². The summed E-state index contributed by atoms with van der Waals surface area (Å²) in [6, 6.07) is 11.4. The average Bonchev–Trinajstić information content (AvgIpc) is 2.87.